The highest BCUT2D eigenvalue weighted by atomic mass is 19.1. The summed E-state index contributed by atoms with van der Waals surface area (Å²) in [6.45, 7) is 6.90. The van der Waals surface area contributed by atoms with Crippen LogP contribution < -0.4 is 0 Å². The minimum Gasteiger partial charge on any atom is -0.379 e. The molecule has 0 unspecified atom stereocenters. The Morgan fingerprint density at radius 2 is 2.00 bits per heavy atom. The summed E-state index contributed by atoms with van der Waals surface area (Å²) in [6, 6.07) is 6.97. The number of hydrogen-bond acceptors (Lipinski definition) is 3. The molecule has 0 bridgehead atoms. The highest BCUT2D eigenvalue weighted by Gasteiger charge is 2.18. The fraction of sp³-hybridized carbons (Fsp3) is 0.538. The highest BCUT2D eigenvalue weighted by molar-refractivity contribution is 5.16. The predicted molar refractivity (Wildman–Crippen MR) is 64.9 cm³/mol. The fourth-order valence-electron chi connectivity index (χ4n) is 2.07. The summed E-state index contributed by atoms with van der Waals surface area (Å²) in [4.78, 5) is 0. The van der Waals surface area contributed by atoms with Gasteiger partial charge in [-0.2, -0.15) is 0 Å². The Bertz CT molecular complexity index is 353. The minimum atomic E-state index is -0.126. The van der Waals surface area contributed by atoms with E-state index in [4.69, 9.17) is 4.74 Å². The van der Waals surface area contributed by atoms with E-state index in [0.29, 0.717) is 6.54 Å². The number of nitrogens with zero attached hydrogens (tertiary/aromatic N) is 2. The molecule has 3 nitrogen and oxygen atoms in total. The largest absolute Gasteiger partial charge is 0.379 e. The molecule has 1 aliphatic rings. The van der Waals surface area contributed by atoms with Gasteiger partial charge in [-0.3, -0.25) is 0 Å². The van der Waals surface area contributed by atoms with E-state index in [1.54, 1.807) is 6.07 Å². The van der Waals surface area contributed by atoms with Crippen LogP contribution in [0.3, 0.4) is 0 Å². The van der Waals surface area contributed by atoms with Gasteiger partial charge in [-0.05, 0) is 6.07 Å². The van der Waals surface area contributed by atoms with Gasteiger partial charge in [0.2, 0.25) is 0 Å². The molecule has 0 N–H and O–H groups in total. The Hall–Kier alpha value is -0.970. The van der Waals surface area contributed by atoms with Gasteiger partial charge in [0, 0.05) is 31.7 Å². The smallest absolute Gasteiger partial charge is 0.127 e. The van der Waals surface area contributed by atoms with Crippen LogP contribution in [0.2, 0.25) is 0 Å². The number of ether oxygens (including phenoxy) is 1. The van der Waals surface area contributed by atoms with Crippen LogP contribution in [0.4, 0.5) is 4.39 Å². The minimum absolute atomic E-state index is 0.126. The van der Waals surface area contributed by atoms with Gasteiger partial charge in [-0.25, -0.2) is 14.4 Å². The summed E-state index contributed by atoms with van der Waals surface area (Å²) in [5.41, 5.74) is 0.751. The average molecular weight is 238 g/mol. The second kappa shape index (κ2) is 6.10. The third-order valence-corrected chi connectivity index (χ3v) is 3.06. The lowest BCUT2D eigenvalue weighted by Crippen LogP contribution is -2.48. The van der Waals surface area contributed by atoms with Gasteiger partial charge in [0.1, 0.15) is 5.82 Å². The zero-order valence-corrected chi connectivity index (χ0v) is 10.2. The van der Waals surface area contributed by atoms with E-state index in [1.807, 2.05) is 12.1 Å². The molecule has 1 heterocycles. The zero-order valence-electron chi connectivity index (χ0n) is 10.2. The standard InChI is InChI=1S/C13H19FN2O/c1-2-15(16-7-9-17-10-8-16)11-12-5-3-4-6-13(12)14/h3-6H,2,7-11H2,1H3. The predicted octanol–water partition coefficient (Wildman–Crippen LogP) is 1.89. The quantitative estimate of drug-likeness (QED) is 0.796. The van der Waals surface area contributed by atoms with Crippen molar-refractivity contribution in [2.24, 2.45) is 0 Å². The van der Waals surface area contributed by atoms with E-state index in [0.717, 1.165) is 38.4 Å². The third kappa shape index (κ3) is 3.25. The Morgan fingerprint density at radius 1 is 1.29 bits per heavy atom. The number of halogens is 1. The summed E-state index contributed by atoms with van der Waals surface area (Å²) in [7, 11) is 0. The lowest BCUT2D eigenvalue weighted by atomic mass is 10.2. The van der Waals surface area contributed by atoms with Crippen molar-refractivity contribution < 1.29 is 9.13 Å². The molecule has 1 saturated heterocycles. The molecule has 1 aromatic rings. The Labute approximate surface area is 102 Å². The van der Waals surface area contributed by atoms with Gasteiger partial charge < -0.3 is 4.74 Å². The molecule has 94 valence electrons. The molecule has 0 spiro atoms. The number of morpholine rings is 1. The van der Waals surface area contributed by atoms with Gasteiger partial charge in [0.15, 0.2) is 0 Å². The van der Waals surface area contributed by atoms with Crippen molar-refractivity contribution in [3.05, 3.63) is 35.6 Å². The average Bonchev–Trinajstić information content (AvgIpc) is 2.39. The Kier molecular flexibility index (Phi) is 4.48. The molecule has 1 aromatic carbocycles. The first-order chi connectivity index (χ1) is 8.31. The zero-order chi connectivity index (χ0) is 12.1. The van der Waals surface area contributed by atoms with Crippen molar-refractivity contribution in [1.82, 2.24) is 10.0 Å². The summed E-state index contributed by atoms with van der Waals surface area (Å²) in [5, 5.41) is 4.43. The maximum absolute atomic E-state index is 13.6. The maximum Gasteiger partial charge on any atom is 0.127 e. The Morgan fingerprint density at radius 3 is 2.65 bits per heavy atom. The molecule has 0 saturated carbocycles. The van der Waals surface area contributed by atoms with Crippen LogP contribution in [-0.2, 0) is 11.3 Å². The molecule has 1 aliphatic heterocycles. The van der Waals surface area contributed by atoms with Gasteiger partial charge in [-0.1, -0.05) is 25.1 Å². The molecule has 4 heteroatoms. The lowest BCUT2D eigenvalue weighted by molar-refractivity contribution is -0.0930. The van der Waals surface area contributed by atoms with E-state index >= 15 is 0 Å². The first-order valence-electron chi connectivity index (χ1n) is 6.12. The van der Waals surface area contributed by atoms with Crippen molar-refractivity contribution in [1.29, 1.82) is 0 Å². The summed E-state index contributed by atoms with van der Waals surface area (Å²) in [5.74, 6) is -0.126. The molecular weight excluding hydrogens is 219 g/mol. The molecule has 1 fully saturated rings. The number of hydrazine groups is 1. The molecule has 2 rings (SSSR count). The molecule has 0 radical (unpaired) electrons. The number of benzene rings is 1. The summed E-state index contributed by atoms with van der Waals surface area (Å²) < 4.78 is 18.9. The molecular formula is C13H19FN2O. The van der Waals surface area contributed by atoms with E-state index in [-0.39, 0.29) is 5.82 Å². The summed E-state index contributed by atoms with van der Waals surface area (Å²) in [6.07, 6.45) is 0. The van der Waals surface area contributed by atoms with E-state index in [2.05, 4.69) is 16.9 Å². The van der Waals surface area contributed by atoms with Gasteiger partial charge in [-0.15, -0.1) is 0 Å². The van der Waals surface area contributed by atoms with Crippen molar-refractivity contribution >= 4 is 0 Å². The topological polar surface area (TPSA) is 15.7 Å². The first kappa shape index (κ1) is 12.5. The van der Waals surface area contributed by atoms with Crippen molar-refractivity contribution in [2.75, 3.05) is 32.8 Å². The number of hydrogen-bond donors (Lipinski definition) is 0. The van der Waals surface area contributed by atoms with E-state index < -0.39 is 0 Å². The third-order valence-electron chi connectivity index (χ3n) is 3.06. The van der Waals surface area contributed by atoms with Crippen LogP contribution in [-0.4, -0.2) is 42.9 Å². The molecule has 17 heavy (non-hydrogen) atoms. The Balaban J connectivity index is 2.01. The van der Waals surface area contributed by atoms with Crippen molar-refractivity contribution in [3.8, 4) is 0 Å². The fourth-order valence-corrected chi connectivity index (χ4v) is 2.07. The molecule has 0 atom stereocenters. The second-order valence-electron chi connectivity index (χ2n) is 4.14. The van der Waals surface area contributed by atoms with E-state index in [1.165, 1.54) is 6.07 Å². The molecule has 0 aliphatic carbocycles. The summed E-state index contributed by atoms with van der Waals surface area (Å²) >= 11 is 0. The van der Waals surface area contributed by atoms with Crippen LogP contribution in [0.25, 0.3) is 0 Å². The van der Waals surface area contributed by atoms with Crippen LogP contribution in [0.5, 0.6) is 0 Å². The van der Waals surface area contributed by atoms with Crippen LogP contribution in [0.15, 0.2) is 24.3 Å². The SMILES string of the molecule is CCN(Cc1ccccc1F)N1CCOCC1. The van der Waals surface area contributed by atoms with Crippen LogP contribution >= 0.6 is 0 Å². The number of rotatable bonds is 4. The van der Waals surface area contributed by atoms with Gasteiger partial charge >= 0.3 is 0 Å². The van der Waals surface area contributed by atoms with Gasteiger partial charge in [0.25, 0.3) is 0 Å². The monoisotopic (exact) mass is 238 g/mol. The van der Waals surface area contributed by atoms with Gasteiger partial charge in [0.05, 0.1) is 13.2 Å². The van der Waals surface area contributed by atoms with Crippen LogP contribution in [0.1, 0.15) is 12.5 Å². The van der Waals surface area contributed by atoms with Crippen molar-refractivity contribution in [2.45, 2.75) is 13.5 Å². The first-order valence-corrected chi connectivity index (χ1v) is 6.12. The second-order valence-corrected chi connectivity index (χ2v) is 4.14. The maximum atomic E-state index is 13.6. The molecule has 0 aromatic heterocycles. The lowest BCUT2D eigenvalue weighted by Gasteiger charge is -2.36. The van der Waals surface area contributed by atoms with E-state index in [9.17, 15) is 4.39 Å². The molecule has 0 amide bonds. The normalized spacial score (nSPS) is 17.6. The van der Waals surface area contributed by atoms with Crippen LogP contribution in [0, 0.1) is 5.82 Å². The van der Waals surface area contributed by atoms with Crippen molar-refractivity contribution in [3.63, 3.8) is 0 Å². The highest BCUT2D eigenvalue weighted by Crippen LogP contribution is 2.12.